The van der Waals surface area contributed by atoms with E-state index in [0.29, 0.717) is 0 Å². The highest BCUT2D eigenvalue weighted by Gasteiger charge is 2.32. The van der Waals surface area contributed by atoms with Gasteiger partial charge in [0.15, 0.2) is 0 Å². The molecule has 0 spiro atoms. The molecule has 2 nitrogen and oxygen atoms in total. The zero-order chi connectivity index (χ0) is 12.7. The van der Waals surface area contributed by atoms with E-state index in [1.807, 2.05) is 0 Å². The van der Waals surface area contributed by atoms with Gasteiger partial charge in [0.1, 0.15) is 0 Å². The van der Waals surface area contributed by atoms with Gasteiger partial charge in [-0.25, -0.2) is 0 Å². The molecule has 0 amide bonds. The Bertz CT molecular complexity index is 217. The molecule has 0 radical (unpaired) electrons. The minimum atomic E-state index is 0.167. The topological polar surface area (TPSA) is 21.3 Å². The molecular weight excluding hydrogens is 222 g/mol. The number of hydrogen-bond acceptors (Lipinski definition) is 2. The van der Waals surface area contributed by atoms with Crippen LogP contribution in [0.5, 0.6) is 0 Å². The van der Waals surface area contributed by atoms with Gasteiger partial charge >= 0.3 is 0 Å². The largest absolute Gasteiger partial charge is 0.374 e. The second-order valence-corrected chi connectivity index (χ2v) is 6.35. The summed E-state index contributed by atoms with van der Waals surface area (Å²) in [7, 11) is 0. The van der Waals surface area contributed by atoms with Crippen LogP contribution >= 0.6 is 0 Å². The zero-order valence-electron chi connectivity index (χ0n) is 12.2. The number of ether oxygens (including phenoxy) is 1. The van der Waals surface area contributed by atoms with Crippen LogP contribution in [0.4, 0.5) is 0 Å². The molecule has 0 aromatic carbocycles. The van der Waals surface area contributed by atoms with E-state index in [9.17, 15) is 0 Å². The normalized spacial score (nSPS) is 23.8. The van der Waals surface area contributed by atoms with Crippen LogP contribution in [0.3, 0.4) is 0 Å². The van der Waals surface area contributed by atoms with Crippen molar-refractivity contribution in [3.8, 4) is 0 Å². The minimum absolute atomic E-state index is 0.167. The van der Waals surface area contributed by atoms with E-state index in [4.69, 9.17) is 4.74 Å². The molecule has 0 aromatic rings. The molecular formula is C16H31NO. The maximum atomic E-state index is 6.39. The molecule has 0 heterocycles. The van der Waals surface area contributed by atoms with E-state index in [1.165, 1.54) is 64.2 Å². The monoisotopic (exact) mass is 253 g/mol. The summed E-state index contributed by atoms with van der Waals surface area (Å²) >= 11 is 0. The Morgan fingerprint density at radius 1 is 1.11 bits per heavy atom. The van der Waals surface area contributed by atoms with Crippen molar-refractivity contribution in [1.82, 2.24) is 5.32 Å². The van der Waals surface area contributed by atoms with Crippen LogP contribution < -0.4 is 5.32 Å². The van der Waals surface area contributed by atoms with E-state index >= 15 is 0 Å². The zero-order valence-corrected chi connectivity index (χ0v) is 12.2. The fourth-order valence-corrected chi connectivity index (χ4v) is 3.09. The molecule has 2 aliphatic rings. The lowest BCUT2D eigenvalue weighted by Crippen LogP contribution is -2.43. The van der Waals surface area contributed by atoms with E-state index in [1.54, 1.807) is 0 Å². The van der Waals surface area contributed by atoms with Crippen LogP contribution in [0.25, 0.3) is 0 Å². The van der Waals surface area contributed by atoms with E-state index < -0.39 is 0 Å². The molecule has 0 bridgehead atoms. The van der Waals surface area contributed by atoms with Gasteiger partial charge in [0, 0.05) is 13.2 Å². The van der Waals surface area contributed by atoms with Crippen LogP contribution in [0.15, 0.2) is 0 Å². The summed E-state index contributed by atoms with van der Waals surface area (Å²) in [6, 6.07) is 0. The van der Waals surface area contributed by atoms with Gasteiger partial charge < -0.3 is 10.1 Å². The van der Waals surface area contributed by atoms with Crippen molar-refractivity contribution in [3.05, 3.63) is 0 Å². The van der Waals surface area contributed by atoms with Gasteiger partial charge in [0.25, 0.3) is 0 Å². The van der Waals surface area contributed by atoms with Crippen molar-refractivity contribution in [2.75, 3.05) is 19.7 Å². The van der Waals surface area contributed by atoms with Crippen molar-refractivity contribution >= 4 is 0 Å². The molecule has 0 unspecified atom stereocenters. The minimum Gasteiger partial charge on any atom is -0.374 e. The summed E-state index contributed by atoms with van der Waals surface area (Å²) in [6.07, 6.45) is 13.5. The molecule has 2 rings (SSSR count). The third-order valence-corrected chi connectivity index (χ3v) is 4.52. The standard InChI is InChI=1S/C16H31NO/c1-2-12-17-14-16(10-5-3-4-6-11-16)18-13-9-15-7-8-15/h15,17H,2-14H2,1H3. The molecule has 0 aliphatic heterocycles. The van der Waals surface area contributed by atoms with Crippen LogP contribution in [0, 0.1) is 5.92 Å². The van der Waals surface area contributed by atoms with E-state index in [0.717, 1.165) is 25.6 Å². The van der Waals surface area contributed by atoms with Crippen molar-refractivity contribution in [2.45, 2.75) is 76.7 Å². The van der Waals surface area contributed by atoms with Gasteiger partial charge in [0.05, 0.1) is 5.60 Å². The molecule has 2 saturated carbocycles. The van der Waals surface area contributed by atoms with Crippen LogP contribution in [-0.4, -0.2) is 25.3 Å². The second kappa shape index (κ2) is 7.49. The summed E-state index contributed by atoms with van der Waals surface area (Å²) in [5, 5.41) is 3.60. The smallest absolute Gasteiger partial charge is 0.0806 e. The SMILES string of the molecule is CCCNCC1(OCCC2CC2)CCCCCC1. The summed E-state index contributed by atoms with van der Waals surface area (Å²) in [5.74, 6) is 0.997. The Morgan fingerprint density at radius 3 is 2.44 bits per heavy atom. The van der Waals surface area contributed by atoms with Gasteiger partial charge in [0.2, 0.25) is 0 Å². The average Bonchev–Trinajstić information content (AvgIpc) is 3.18. The van der Waals surface area contributed by atoms with Gasteiger partial charge in [-0.3, -0.25) is 0 Å². The van der Waals surface area contributed by atoms with Crippen LogP contribution in [0.2, 0.25) is 0 Å². The van der Waals surface area contributed by atoms with Crippen LogP contribution in [0.1, 0.15) is 71.1 Å². The molecule has 0 atom stereocenters. The summed E-state index contributed by atoms with van der Waals surface area (Å²) in [6.45, 7) is 5.44. The van der Waals surface area contributed by atoms with Gasteiger partial charge in [-0.1, -0.05) is 45.4 Å². The first-order valence-corrected chi connectivity index (χ1v) is 8.19. The number of hydrogen-bond donors (Lipinski definition) is 1. The van der Waals surface area contributed by atoms with Crippen molar-refractivity contribution in [3.63, 3.8) is 0 Å². The summed E-state index contributed by atoms with van der Waals surface area (Å²) < 4.78 is 6.39. The van der Waals surface area contributed by atoms with Crippen molar-refractivity contribution in [2.24, 2.45) is 5.92 Å². The molecule has 2 fully saturated rings. The fourth-order valence-electron chi connectivity index (χ4n) is 3.09. The number of nitrogens with one attached hydrogen (secondary N) is 1. The van der Waals surface area contributed by atoms with E-state index in [2.05, 4.69) is 12.2 Å². The highest BCUT2D eigenvalue weighted by atomic mass is 16.5. The highest BCUT2D eigenvalue weighted by Crippen LogP contribution is 2.34. The predicted octanol–water partition coefficient (Wildman–Crippen LogP) is 3.90. The fraction of sp³-hybridized carbons (Fsp3) is 1.00. The molecule has 2 heteroatoms. The lowest BCUT2D eigenvalue weighted by Gasteiger charge is -2.33. The maximum absolute atomic E-state index is 6.39. The third-order valence-electron chi connectivity index (χ3n) is 4.52. The Balaban J connectivity index is 1.77. The highest BCUT2D eigenvalue weighted by molar-refractivity contribution is 4.86. The lowest BCUT2D eigenvalue weighted by atomic mass is 9.94. The maximum Gasteiger partial charge on any atom is 0.0806 e. The van der Waals surface area contributed by atoms with Gasteiger partial charge in [-0.05, 0) is 38.1 Å². The lowest BCUT2D eigenvalue weighted by molar-refractivity contribution is -0.0569. The first kappa shape index (κ1) is 14.3. The molecule has 106 valence electrons. The molecule has 18 heavy (non-hydrogen) atoms. The Hall–Kier alpha value is -0.0800. The molecule has 2 aliphatic carbocycles. The molecule has 0 aromatic heterocycles. The Labute approximate surface area is 113 Å². The average molecular weight is 253 g/mol. The molecule has 0 saturated heterocycles. The van der Waals surface area contributed by atoms with Crippen LogP contribution in [-0.2, 0) is 4.74 Å². The number of rotatable bonds is 8. The first-order valence-electron chi connectivity index (χ1n) is 8.19. The summed E-state index contributed by atoms with van der Waals surface area (Å²) in [4.78, 5) is 0. The second-order valence-electron chi connectivity index (χ2n) is 6.35. The van der Waals surface area contributed by atoms with E-state index in [-0.39, 0.29) is 5.60 Å². The van der Waals surface area contributed by atoms with Gasteiger partial charge in [-0.15, -0.1) is 0 Å². The predicted molar refractivity (Wildman–Crippen MR) is 76.9 cm³/mol. The summed E-state index contributed by atoms with van der Waals surface area (Å²) in [5.41, 5.74) is 0.167. The first-order chi connectivity index (χ1) is 8.85. The Kier molecular flexibility index (Phi) is 5.97. The Morgan fingerprint density at radius 2 is 1.83 bits per heavy atom. The van der Waals surface area contributed by atoms with Gasteiger partial charge in [-0.2, -0.15) is 0 Å². The third kappa shape index (κ3) is 4.89. The molecule has 1 N–H and O–H groups in total. The van der Waals surface area contributed by atoms with Crippen molar-refractivity contribution in [1.29, 1.82) is 0 Å². The quantitative estimate of drug-likeness (QED) is 0.523. The van der Waals surface area contributed by atoms with Crippen molar-refractivity contribution < 1.29 is 4.74 Å².